The zero-order valence-electron chi connectivity index (χ0n) is 12.1. The second kappa shape index (κ2) is 6.12. The first-order valence-electron chi connectivity index (χ1n) is 7.69. The summed E-state index contributed by atoms with van der Waals surface area (Å²) in [6, 6.07) is 11.4. The van der Waals surface area contributed by atoms with Crippen molar-refractivity contribution in [3.05, 3.63) is 48.3 Å². The van der Waals surface area contributed by atoms with Gasteiger partial charge in [-0.3, -0.25) is 0 Å². The summed E-state index contributed by atoms with van der Waals surface area (Å²) in [4.78, 5) is 4.51. The van der Waals surface area contributed by atoms with Gasteiger partial charge >= 0.3 is 0 Å². The maximum atomic E-state index is 4.51. The fraction of sp³-hybridized carbons (Fsp3) is 0.471. The number of nitrogens with one attached hydrogen (secondary N) is 1. The van der Waals surface area contributed by atoms with Gasteiger partial charge in [0.15, 0.2) is 0 Å². The van der Waals surface area contributed by atoms with Crippen LogP contribution in [0.25, 0.3) is 0 Å². The molecule has 0 amide bonds. The zero-order valence-corrected chi connectivity index (χ0v) is 12.1. The summed E-state index contributed by atoms with van der Waals surface area (Å²) in [7, 11) is 0. The van der Waals surface area contributed by atoms with Gasteiger partial charge in [0.05, 0.1) is 6.04 Å². The van der Waals surface area contributed by atoms with Gasteiger partial charge in [-0.05, 0) is 25.3 Å². The number of rotatable bonds is 4. The van der Waals surface area contributed by atoms with Crippen molar-refractivity contribution in [2.24, 2.45) is 0 Å². The summed E-state index contributed by atoms with van der Waals surface area (Å²) >= 11 is 0. The third-order valence-electron chi connectivity index (χ3n) is 4.28. The molecule has 1 saturated carbocycles. The summed E-state index contributed by atoms with van der Waals surface area (Å²) < 4.78 is 2.33. The van der Waals surface area contributed by atoms with Crippen molar-refractivity contribution in [3.63, 3.8) is 0 Å². The summed E-state index contributed by atoms with van der Waals surface area (Å²) in [6.45, 7) is 2.19. The summed E-state index contributed by atoms with van der Waals surface area (Å²) in [5, 5.41) is 3.56. The first-order chi connectivity index (χ1) is 9.84. The largest absolute Gasteiger partial charge is 0.349 e. The molecule has 3 rings (SSSR count). The van der Waals surface area contributed by atoms with Crippen LogP contribution >= 0.6 is 0 Å². The molecule has 3 nitrogen and oxygen atoms in total. The maximum Gasteiger partial charge on any atom is 0.203 e. The van der Waals surface area contributed by atoms with Crippen molar-refractivity contribution in [2.75, 3.05) is 5.32 Å². The van der Waals surface area contributed by atoms with Crippen LogP contribution in [0.15, 0.2) is 42.7 Å². The van der Waals surface area contributed by atoms with Gasteiger partial charge in [-0.25, -0.2) is 4.98 Å². The lowest BCUT2D eigenvalue weighted by Crippen LogP contribution is -2.17. The molecule has 0 aliphatic heterocycles. The Labute approximate surface area is 121 Å². The Morgan fingerprint density at radius 1 is 1.15 bits per heavy atom. The Balaban J connectivity index is 1.73. The van der Waals surface area contributed by atoms with E-state index in [0.717, 1.165) is 5.95 Å². The normalized spacial score (nSPS) is 17.9. The smallest absolute Gasteiger partial charge is 0.203 e. The van der Waals surface area contributed by atoms with E-state index < -0.39 is 0 Å². The molecule has 1 aliphatic rings. The molecule has 0 bridgehead atoms. The van der Waals surface area contributed by atoms with E-state index >= 15 is 0 Å². The molecule has 1 fully saturated rings. The Kier molecular flexibility index (Phi) is 4.05. The van der Waals surface area contributed by atoms with E-state index in [1.165, 1.54) is 37.7 Å². The molecular weight excluding hydrogens is 246 g/mol. The summed E-state index contributed by atoms with van der Waals surface area (Å²) in [6.07, 6.45) is 10.7. The molecule has 1 heterocycles. The van der Waals surface area contributed by atoms with Crippen LogP contribution in [0.3, 0.4) is 0 Å². The van der Waals surface area contributed by atoms with Gasteiger partial charge in [-0.15, -0.1) is 0 Å². The van der Waals surface area contributed by atoms with Gasteiger partial charge in [0.25, 0.3) is 0 Å². The molecule has 106 valence electrons. The first-order valence-corrected chi connectivity index (χ1v) is 7.69. The molecule has 2 aromatic rings. The lowest BCUT2D eigenvalue weighted by Gasteiger charge is -2.26. The predicted octanol–water partition coefficient (Wildman–Crippen LogP) is 4.56. The Bertz CT molecular complexity index is 526. The number of imidazole rings is 1. The van der Waals surface area contributed by atoms with Gasteiger partial charge in [0, 0.05) is 18.4 Å². The van der Waals surface area contributed by atoms with Gasteiger partial charge in [-0.2, -0.15) is 0 Å². The highest BCUT2D eigenvalue weighted by molar-refractivity contribution is 5.33. The Morgan fingerprint density at radius 2 is 1.90 bits per heavy atom. The molecule has 1 aromatic carbocycles. The molecule has 1 unspecified atom stereocenters. The predicted molar refractivity (Wildman–Crippen MR) is 82.8 cm³/mol. The first kappa shape index (κ1) is 13.2. The highest BCUT2D eigenvalue weighted by Crippen LogP contribution is 2.31. The van der Waals surface area contributed by atoms with Gasteiger partial charge < -0.3 is 9.88 Å². The van der Waals surface area contributed by atoms with E-state index in [4.69, 9.17) is 0 Å². The summed E-state index contributed by atoms with van der Waals surface area (Å²) in [5.74, 6) is 1.01. The van der Waals surface area contributed by atoms with Crippen molar-refractivity contribution in [3.8, 4) is 0 Å². The minimum atomic E-state index is 0.279. The quantitative estimate of drug-likeness (QED) is 0.881. The van der Waals surface area contributed by atoms with Crippen molar-refractivity contribution in [1.82, 2.24) is 9.55 Å². The SMILES string of the molecule is CC(Nc1nccn1C1CCCCC1)c1ccccc1. The van der Waals surface area contributed by atoms with Crippen LogP contribution in [0.1, 0.15) is 56.7 Å². The third-order valence-corrected chi connectivity index (χ3v) is 4.28. The minimum Gasteiger partial charge on any atom is -0.349 e. The molecule has 0 radical (unpaired) electrons. The van der Waals surface area contributed by atoms with Crippen LogP contribution in [0, 0.1) is 0 Å². The van der Waals surface area contributed by atoms with E-state index in [1.807, 2.05) is 6.20 Å². The van der Waals surface area contributed by atoms with Gasteiger partial charge in [0.1, 0.15) is 0 Å². The number of hydrogen-bond acceptors (Lipinski definition) is 2. The fourth-order valence-electron chi connectivity index (χ4n) is 3.10. The number of nitrogens with zero attached hydrogens (tertiary/aromatic N) is 2. The Hall–Kier alpha value is -1.77. The maximum absolute atomic E-state index is 4.51. The van der Waals surface area contributed by atoms with Gasteiger partial charge in [0.2, 0.25) is 5.95 Å². The van der Waals surface area contributed by atoms with Crippen LogP contribution in [-0.2, 0) is 0 Å². The monoisotopic (exact) mass is 269 g/mol. The van der Waals surface area contributed by atoms with E-state index in [2.05, 4.69) is 58.3 Å². The second-order valence-electron chi connectivity index (χ2n) is 5.73. The topological polar surface area (TPSA) is 29.9 Å². The minimum absolute atomic E-state index is 0.279. The number of hydrogen-bond donors (Lipinski definition) is 1. The lowest BCUT2D eigenvalue weighted by atomic mass is 9.95. The molecule has 1 N–H and O–H groups in total. The van der Waals surface area contributed by atoms with E-state index in [1.54, 1.807) is 0 Å². The van der Waals surface area contributed by atoms with Crippen molar-refractivity contribution in [2.45, 2.75) is 51.1 Å². The van der Waals surface area contributed by atoms with E-state index in [0.29, 0.717) is 6.04 Å². The highest BCUT2D eigenvalue weighted by Gasteiger charge is 2.18. The molecular formula is C17H23N3. The average molecular weight is 269 g/mol. The van der Waals surface area contributed by atoms with E-state index in [-0.39, 0.29) is 6.04 Å². The molecule has 1 aliphatic carbocycles. The van der Waals surface area contributed by atoms with Crippen LogP contribution in [0.2, 0.25) is 0 Å². The second-order valence-corrected chi connectivity index (χ2v) is 5.73. The van der Waals surface area contributed by atoms with E-state index in [9.17, 15) is 0 Å². The summed E-state index contributed by atoms with van der Waals surface area (Å²) in [5.41, 5.74) is 1.30. The van der Waals surface area contributed by atoms with Crippen molar-refractivity contribution in [1.29, 1.82) is 0 Å². The van der Waals surface area contributed by atoms with Crippen LogP contribution in [0.4, 0.5) is 5.95 Å². The number of benzene rings is 1. The van der Waals surface area contributed by atoms with Crippen molar-refractivity contribution >= 4 is 5.95 Å². The highest BCUT2D eigenvalue weighted by atomic mass is 15.2. The van der Waals surface area contributed by atoms with Crippen LogP contribution in [-0.4, -0.2) is 9.55 Å². The zero-order chi connectivity index (χ0) is 13.8. The molecule has 1 atom stereocenters. The standard InChI is InChI=1S/C17H23N3/c1-14(15-8-4-2-5-9-15)19-17-18-12-13-20(17)16-10-6-3-7-11-16/h2,4-5,8-9,12-14,16H,3,6-7,10-11H2,1H3,(H,18,19). The Morgan fingerprint density at radius 3 is 2.65 bits per heavy atom. The molecule has 1 aromatic heterocycles. The van der Waals surface area contributed by atoms with Crippen molar-refractivity contribution < 1.29 is 0 Å². The lowest BCUT2D eigenvalue weighted by molar-refractivity contribution is 0.355. The van der Waals surface area contributed by atoms with Gasteiger partial charge in [-0.1, -0.05) is 49.6 Å². The molecule has 20 heavy (non-hydrogen) atoms. The van der Waals surface area contributed by atoms with Crippen LogP contribution in [0.5, 0.6) is 0 Å². The number of aromatic nitrogens is 2. The average Bonchev–Trinajstić information content (AvgIpc) is 2.97. The molecule has 3 heteroatoms. The number of anilines is 1. The molecule has 0 saturated heterocycles. The van der Waals surface area contributed by atoms with Crippen LogP contribution < -0.4 is 5.32 Å². The third kappa shape index (κ3) is 2.87. The fourth-order valence-corrected chi connectivity index (χ4v) is 3.10. The molecule has 0 spiro atoms.